The van der Waals surface area contributed by atoms with Gasteiger partial charge < -0.3 is 5.32 Å². The van der Waals surface area contributed by atoms with Gasteiger partial charge in [0.25, 0.3) is 0 Å². The number of carbonyl (C=O) groups excluding carboxylic acids is 2. The molecule has 164 valence electrons. The highest BCUT2D eigenvalue weighted by Crippen LogP contribution is 2.42. The summed E-state index contributed by atoms with van der Waals surface area (Å²) in [5.74, 6) is 0.334. The smallest absolute Gasteiger partial charge is 0.238 e. The minimum atomic E-state index is -0.200. The van der Waals surface area contributed by atoms with Gasteiger partial charge in [-0.05, 0) is 66.8 Å². The molecular formula is C27H28N2O2S. The molecule has 0 saturated carbocycles. The molecule has 3 aromatic rings. The summed E-state index contributed by atoms with van der Waals surface area (Å²) in [6, 6.07) is 23.9. The molecule has 4 rings (SSSR count). The fourth-order valence-corrected chi connectivity index (χ4v) is 5.46. The van der Waals surface area contributed by atoms with Crippen LogP contribution < -0.4 is 10.2 Å². The first-order valence-corrected chi connectivity index (χ1v) is 12.0. The van der Waals surface area contributed by atoms with Crippen molar-refractivity contribution >= 4 is 35.0 Å². The lowest BCUT2D eigenvalue weighted by atomic mass is 9.95. The van der Waals surface area contributed by atoms with Crippen LogP contribution in [0, 0.1) is 13.8 Å². The van der Waals surface area contributed by atoms with Crippen molar-refractivity contribution in [2.24, 2.45) is 0 Å². The molecule has 0 spiro atoms. The summed E-state index contributed by atoms with van der Waals surface area (Å²) in [5.41, 5.74) is 5.97. The number of thioether (sulfide) groups is 1. The van der Waals surface area contributed by atoms with E-state index < -0.39 is 0 Å². The first-order chi connectivity index (χ1) is 15.5. The second-order valence-corrected chi connectivity index (χ2v) is 9.33. The largest absolute Gasteiger partial charge is 0.326 e. The third kappa shape index (κ3) is 4.73. The Morgan fingerprint density at radius 3 is 2.44 bits per heavy atom. The van der Waals surface area contributed by atoms with Crippen LogP contribution in [0.5, 0.6) is 0 Å². The maximum absolute atomic E-state index is 13.0. The standard InChI is InChI=1S/C27H28N2O2S/c1-4-24(20-9-6-5-7-10-20)26(31)28-22-12-8-11-21(16-22)27-29(25(30)17-32-27)23-14-18(2)13-19(3)15-23/h5-16,24,27H,4,17H2,1-3H3,(H,28,31). The van der Waals surface area contributed by atoms with Gasteiger partial charge in [0.2, 0.25) is 11.8 Å². The van der Waals surface area contributed by atoms with E-state index in [9.17, 15) is 9.59 Å². The van der Waals surface area contributed by atoms with Crippen LogP contribution in [0.3, 0.4) is 0 Å². The van der Waals surface area contributed by atoms with E-state index in [1.165, 1.54) is 0 Å². The molecule has 0 aliphatic carbocycles. The predicted molar refractivity (Wildman–Crippen MR) is 133 cm³/mol. The van der Waals surface area contributed by atoms with Crippen LogP contribution in [0.15, 0.2) is 72.8 Å². The summed E-state index contributed by atoms with van der Waals surface area (Å²) in [6.45, 7) is 6.12. The molecule has 2 atom stereocenters. The van der Waals surface area contributed by atoms with Gasteiger partial charge >= 0.3 is 0 Å². The summed E-state index contributed by atoms with van der Waals surface area (Å²) in [5, 5.41) is 2.97. The molecule has 0 radical (unpaired) electrons. The Labute approximate surface area is 194 Å². The van der Waals surface area contributed by atoms with Gasteiger partial charge in [0.1, 0.15) is 5.37 Å². The number of benzene rings is 3. The van der Waals surface area contributed by atoms with E-state index in [-0.39, 0.29) is 23.1 Å². The molecule has 1 aliphatic rings. The molecule has 3 aromatic carbocycles. The van der Waals surface area contributed by atoms with Crippen LogP contribution in [0.2, 0.25) is 0 Å². The Morgan fingerprint density at radius 1 is 1.03 bits per heavy atom. The average Bonchev–Trinajstić information content (AvgIpc) is 3.16. The molecule has 0 bridgehead atoms. The Morgan fingerprint density at radius 2 is 1.75 bits per heavy atom. The van der Waals surface area contributed by atoms with E-state index in [0.717, 1.165) is 40.0 Å². The molecule has 1 aliphatic heterocycles. The number of rotatable bonds is 6. The van der Waals surface area contributed by atoms with Crippen LogP contribution in [0.1, 0.15) is 46.9 Å². The molecule has 1 fully saturated rings. The van der Waals surface area contributed by atoms with Gasteiger partial charge in [-0.25, -0.2) is 0 Å². The van der Waals surface area contributed by atoms with E-state index >= 15 is 0 Å². The van der Waals surface area contributed by atoms with E-state index in [2.05, 4.69) is 23.5 Å². The molecule has 1 heterocycles. The van der Waals surface area contributed by atoms with E-state index in [1.807, 2.05) is 80.3 Å². The monoisotopic (exact) mass is 444 g/mol. The molecular weight excluding hydrogens is 416 g/mol. The molecule has 2 unspecified atom stereocenters. The zero-order valence-electron chi connectivity index (χ0n) is 18.7. The van der Waals surface area contributed by atoms with Crippen molar-refractivity contribution in [2.75, 3.05) is 16.0 Å². The van der Waals surface area contributed by atoms with Crippen molar-refractivity contribution in [3.05, 3.63) is 95.1 Å². The number of aryl methyl sites for hydroxylation is 2. The van der Waals surface area contributed by atoms with Gasteiger partial charge in [0.15, 0.2) is 0 Å². The third-order valence-electron chi connectivity index (χ3n) is 5.72. The van der Waals surface area contributed by atoms with Crippen molar-refractivity contribution in [3.63, 3.8) is 0 Å². The summed E-state index contributed by atoms with van der Waals surface area (Å²) < 4.78 is 0. The number of nitrogens with zero attached hydrogens (tertiary/aromatic N) is 1. The predicted octanol–water partition coefficient (Wildman–Crippen LogP) is 6.21. The third-order valence-corrected chi connectivity index (χ3v) is 6.93. The minimum Gasteiger partial charge on any atom is -0.326 e. The van der Waals surface area contributed by atoms with E-state index in [4.69, 9.17) is 0 Å². The summed E-state index contributed by atoms with van der Waals surface area (Å²) in [6.07, 6.45) is 0.725. The normalized spacial score (nSPS) is 16.8. The summed E-state index contributed by atoms with van der Waals surface area (Å²) in [4.78, 5) is 27.7. The van der Waals surface area contributed by atoms with Crippen LogP contribution >= 0.6 is 11.8 Å². The Bertz CT molecular complexity index is 1110. The minimum absolute atomic E-state index is 0.0165. The SMILES string of the molecule is CCC(C(=O)Nc1cccc(C2SCC(=O)N2c2cc(C)cc(C)c2)c1)c1ccccc1. The van der Waals surface area contributed by atoms with Crippen molar-refractivity contribution in [1.29, 1.82) is 0 Å². The first kappa shape index (κ1) is 22.2. The second-order valence-electron chi connectivity index (χ2n) is 8.26. The quantitative estimate of drug-likeness (QED) is 0.491. The van der Waals surface area contributed by atoms with Crippen LogP contribution in [0.25, 0.3) is 0 Å². The van der Waals surface area contributed by atoms with Crippen molar-refractivity contribution in [2.45, 2.75) is 38.5 Å². The Hall–Kier alpha value is -3.05. The second kappa shape index (κ2) is 9.61. The van der Waals surface area contributed by atoms with Gasteiger partial charge in [0.05, 0.1) is 11.7 Å². The molecule has 1 saturated heterocycles. The molecule has 0 aromatic heterocycles. The van der Waals surface area contributed by atoms with Crippen molar-refractivity contribution < 1.29 is 9.59 Å². The van der Waals surface area contributed by atoms with Crippen LogP contribution in [0.4, 0.5) is 11.4 Å². The Balaban J connectivity index is 1.58. The fourth-order valence-electron chi connectivity index (χ4n) is 4.30. The van der Waals surface area contributed by atoms with Gasteiger partial charge in [-0.2, -0.15) is 0 Å². The number of hydrogen-bond donors (Lipinski definition) is 1. The number of nitrogens with one attached hydrogen (secondary N) is 1. The number of amides is 2. The lowest BCUT2D eigenvalue weighted by Gasteiger charge is -2.25. The zero-order chi connectivity index (χ0) is 22.7. The average molecular weight is 445 g/mol. The topological polar surface area (TPSA) is 49.4 Å². The number of carbonyl (C=O) groups is 2. The maximum Gasteiger partial charge on any atom is 0.238 e. The van der Waals surface area contributed by atoms with Gasteiger partial charge in [-0.1, -0.05) is 55.5 Å². The van der Waals surface area contributed by atoms with Crippen LogP contribution in [-0.4, -0.2) is 17.6 Å². The first-order valence-electron chi connectivity index (χ1n) is 10.9. The van der Waals surface area contributed by atoms with Gasteiger partial charge in [-0.15, -0.1) is 11.8 Å². The van der Waals surface area contributed by atoms with Crippen LogP contribution in [-0.2, 0) is 9.59 Å². The number of anilines is 2. The van der Waals surface area contributed by atoms with Gasteiger partial charge in [-0.3, -0.25) is 14.5 Å². The maximum atomic E-state index is 13.0. The molecule has 4 nitrogen and oxygen atoms in total. The molecule has 5 heteroatoms. The highest BCUT2D eigenvalue weighted by molar-refractivity contribution is 8.00. The number of hydrogen-bond acceptors (Lipinski definition) is 3. The summed E-state index contributed by atoms with van der Waals surface area (Å²) >= 11 is 1.62. The zero-order valence-corrected chi connectivity index (χ0v) is 19.5. The molecule has 32 heavy (non-hydrogen) atoms. The van der Waals surface area contributed by atoms with Gasteiger partial charge in [0, 0.05) is 11.4 Å². The Kier molecular flexibility index (Phi) is 6.66. The lowest BCUT2D eigenvalue weighted by molar-refractivity contribution is -0.118. The summed E-state index contributed by atoms with van der Waals surface area (Å²) in [7, 11) is 0. The highest BCUT2D eigenvalue weighted by atomic mass is 32.2. The van der Waals surface area contributed by atoms with E-state index in [0.29, 0.717) is 5.75 Å². The molecule has 1 N–H and O–H groups in total. The molecule has 2 amide bonds. The van der Waals surface area contributed by atoms with Crippen molar-refractivity contribution in [3.8, 4) is 0 Å². The highest BCUT2D eigenvalue weighted by Gasteiger charge is 2.34. The van der Waals surface area contributed by atoms with E-state index in [1.54, 1.807) is 11.8 Å². The lowest BCUT2D eigenvalue weighted by Crippen LogP contribution is -2.28. The van der Waals surface area contributed by atoms with Crippen molar-refractivity contribution in [1.82, 2.24) is 0 Å². The fraction of sp³-hybridized carbons (Fsp3) is 0.259.